The van der Waals surface area contributed by atoms with Gasteiger partial charge in [0.15, 0.2) is 0 Å². The monoisotopic (exact) mass is 257 g/mol. The van der Waals surface area contributed by atoms with Crippen LogP contribution in [0.3, 0.4) is 0 Å². The maximum Gasteiger partial charge on any atom is 0.0610 e. The third-order valence-corrected chi connectivity index (χ3v) is 4.05. The zero-order valence-electron chi connectivity index (χ0n) is 12.2. The molecule has 1 saturated carbocycles. The van der Waals surface area contributed by atoms with Crippen molar-refractivity contribution in [3.8, 4) is 0 Å². The molecule has 1 unspecified atom stereocenters. The second kappa shape index (κ2) is 8.89. The molecule has 0 amide bonds. The number of rotatable bonds is 9. The lowest BCUT2D eigenvalue weighted by Crippen LogP contribution is -2.45. The predicted octanol–water partition coefficient (Wildman–Crippen LogP) is 2.72. The number of ether oxygens (including phenoxy) is 1. The van der Waals surface area contributed by atoms with Crippen molar-refractivity contribution < 1.29 is 9.84 Å². The number of likely N-dealkylation sites (N-methyl/N-ethyl adjacent to an activating group) is 1. The Balaban J connectivity index is 2.03. The molecule has 108 valence electrons. The van der Waals surface area contributed by atoms with Crippen molar-refractivity contribution in [2.24, 2.45) is 5.92 Å². The number of hydrogen-bond donors (Lipinski definition) is 2. The highest BCUT2D eigenvalue weighted by Crippen LogP contribution is 2.23. The van der Waals surface area contributed by atoms with Crippen LogP contribution in [0.15, 0.2) is 0 Å². The summed E-state index contributed by atoms with van der Waals surface area (Å²) in [6.45, 7) is 7.03. The Labute approximate surface area is 112 Å². The third kappa shape index (κ3) is 6.17. The van der Waals surface area contributed by atoms with E-state index in [9.17, 15) is 5.11 Å². The van der Waals surface area contributed by atoms with Crippen LogP contribution in [0.1, 0.15) is 58.8 Å². The normalized spacial score (nSPS) is 20.8. The van der Waals surface area contributed by atoms with Gasteiger partial charge >= 0.3 is 0 Å². The van der Waals surface area contributed by atoms with Crippen LogP contribution >= 0.6 is 0 Å². The summed E-state index contributed by atoms with van der Waals surface area (Å²) in [5.41, 5.74) is -0.136. The van der Waals surface area contributed by atoms with Crippen LogP contribution in [0.4, 0.5) is 0 Å². The predicted molar refractivity (Wildman–Crippen MR) is 75.8 cm³/mol. The fourth-order valence-corrected chi connectivity index (χ4v) is 2.82. The summed E-state index contributed by atoms with van der Waals surface area (Å²) in [6, 6.07) is 0. The highest BCUT2D eigenvalue weighted by Gasteiger charge is 2.21. The molecular weight excluding hydrogens is 226 g/mol. The molecule has 3 heteroatoms. The first kappa shape index (κ1) is 15.9. The van der Waals surface area contributed by atoms with Gasteiger partial charge in [-0.2, -0.15) is 0 Å². The third-order valence-electron chi connectivity index (χ3n) is 4.05. The molecule has 0 saturated heterocycles. The van der Waals surface area contributed by atoms with Gasteiger partial charge in [-0.25, -0.2) is 0 Å². The molecule has 1 atom stereocenters. The molecule has 2 N–H and O–H groups in total. The van der Waals surface area contributed by atoms with E-state index in [1.807, 2.05) is 0 Å². The second-order valence-electron chi connectivity index (χ2n) is 5.93. The van der Waals surface area contributed by atoms with Gasteiger partial charge in [-0.15, -0.1) is 0 Å². The molecule has 3 nitrogen and oxygen atoms in total. The summed E-state index contributed by atoms with van der Waals surface area (Å²) in [4.78, 5) is 0. The smallest absolute Gasteiger partial charge is 0.0610 e. The van der Waals surface area contributed by atoms with Gasteiger partial charge in [0.1, 0.15) is 0 Å². The molecule has 0 aromatic rings. The van der Waals surface area contributed by atoms with E-state index >= 15 is 0 Å². The van der Waals surface area contributed by atoms with Crippen LogP contribution < -0.4 is 5.32 Å². The van der Waals surface area contributed by atoms with E-state index in [1.165, 1.54) is 32.1 Å². The van der Waals surface area contributed by atoms with Gasteiger partial charge in [-0.3, -0.25) is 0 Å². The summed E-state index contributed by atoms with van der Waals surface area (Å²) < 4.78 is 5.78. The van der Waals surface area contributed by atoms with Crippen molar-refractivity contribution in [1.82, 2.24) is 5.32 Å². The number of aliphatic hydroxyl groups is 1. The zero-order chi connectivity index (χ0) is 13.3. The van der Waals surface area contributed by atoms with Crippen LogP contribution in [0.25, 0.3) is 0 Å². The summed E-state index contributed by atoms with van der Waals surface area (Å²) in [5.74, 6) is 0.803. The van der Waals surface area contributed by atoms with Gasteiger partial charge in [-0.1, -0.05) is 26.2 Å². The quantitative estimate of drug-likeness (QED) is 0.624. The summed E-state index contributed by atoms with van der Waals surface area (Å²) in [6.07, 6.45) is 8.89. The van der Waals surface area contributed by atoms with Gasteiger partial charge in [0.25, 0.3) is 0 Å². The van der Waals surface area contributed by atoms with Crippen molar-refractivity contribution in [1.29, 1.82) is 0 Å². The van der Waals surface area contributed by atoms with Crippen LogP contribution in [0, 0.1) is 5.92 Å². The lowest BCUT2D eigenvalue weighted by atomic mass is 9.90. The minimum Gasteiger partial charge on any atom is -0.394 e. The van der Waals surface area contributed by atoms with E-state index in [1.54, 1.807) is 0 Å². The van der Waals surface area contributed by atoms with E-state index in [0.29, 0.717) is 0 Å². The first-order valence-electron chi connectivity index (χ1n) is 7.64. The Morgan fingerprint density at radius 3 is 2.61 bits per heavy atom. The molecule has 1 fully saturated rings. The van der Waals surface area contributed by atoms with Crippen molar-refractivity contribution in [2.45, 2.75) is 64.3 Å². The van der Waals surface area contributed by atoms with E-state index in [0.717, 1.165) is 38.5 Å². The van der Waals surface area contributed by atoms with Crippen LogP contribution in [0.5, 0.6) is 0 Å². The SMILES string of the molecule is CCNC(C)(CO)CCCOCC1CCCCC1. The largest absolute Gasteiger partial charge is 0.394 e. The molecule has 0 heterocycles. The average Bonchev–Trinajstić information content (AvgIpc) is 2.40. The summed E-state index contributed by atoms with van der Waals surface area (Å²) in [5, 5.41) is 12.7. The minimum atomic E-state index is -0.136. The van der Waals surface area contributed by atoms with Gasteiger partial charge in [-0.05, 0) is 45.1 Å². The Morgan fingerprint density at radius 2 is 2.00 bits per heavy atom. The molecule has 0 bridgehead atoms. The Hall–Kier alpha value is -0.120. The molecule has 0 aromatic carbocycles. The van der Waals surface area contributed by atoms with Crippen molar-refractivity contribution >= 4 is 0 Å². The van der Waals surface area contributed by atoms with Crippen molar-refractivity contribution in [3.63, 3.8) is 0 Å². The number of hydrogen-bond acceptors (Lipinski definition) is 3. The highest BCUT2D eigenvalue weighted by molar-refractivity contribution is 4.81. The molecule has 0 aliphatic heterocycles. The van der Waals surface area contributed by atoms with Crippen molar-refractivity contribution in [2.75, 3.05) is 26.4 Å². The lowest BCUT2D eigenvalue weighted by Gasteiger charge is -2.28. The molecular formula is C15H31NO2. The molecule has 0 aromatic heterocycles. The fourth-order valence-electron chi connectivity index (χ4n) is 2.82. The Kier molecular flexibility index (Phi) is 7.87. The van der Waals surface area contributed by atoms with E-state index in [2.05, 4.69) is 19.2 Å². The first-order valence-corrected chi connectivity index (χ1v) is 7.64. The fraction of sp³-hybridized carbons (Fsp3) is 1.00. The molecule has 1 aliphatic carbocycles. The molecule has 0 radical (unpaired) electrons. The minimum absolute atomic E-state index is 0.136. The number of nitrogens with one attached hydrogen (secondary N) is 1. The average molecular weight is 257 g/mol. The zero-order valence-corrected chi connectivity index (χ0v) is 12.2. The van der Waals surface area contributed by atoms with Crippen molar-refractivity contribution in [3.05, 3.63) is 0 Å². The van der Waals surface area contributed by atoms with Crippen LogP contribution in [0.2, 0.25) is 0 Å². The lowest BCUT2D eigenvalue weighted by molar-refractivity contribution is 0.0741. The second-order valence-corrected chi connectivity index (χ2v) is 5.93. The van der Waals surface area contributed by atoms with E-state index in [-0.39, 0.29) is 12.1 Å². The van der Waals surface area contributed by atoms with E-state index < -0.39 is 0 Å². The van der Waals surface area contributed by atoms with Crippen LogP contribution in [-0.2, 0) is 4.74 Å². The summed E-state index contributed by atoms with van der Waals surface area (Å²) in [7, 11) is 0. The van der Waals surface area contributed by atoms with Gasteiger partial charge in [0.05, 0.1) is 6.61 Å². The molecule has 18 heavy (non-hydrogen) atoms. The first-order chi connectivity index (χ1) is 8.70. The maximum atomic E-state index is 9.37. The maximum absolute atomic E-state index is 9.37. The van der Waals surface area contributed by atoms with Gasteiger partial charge < -0.3 is 15.2 Å². The van der Waals surface area contributed by atoms with Crippen LogP contribution in [-0.4, -0.2) is 37.0 Å². The van der Waals surface area contributed by atoms with Gasteiger partial charge in [0, 0.05) is 18.8 Å². The Morgan fingerprint density at radius 1 is 1.28 bits per heavy atom. The molecule has 1 rings (SSSR count). The summed E-state index contributed by atoms with van der Waals surface area (Å²) >= 11 is 0. The highest BCUT2D eigenvalue weighted by atomic mass is 16.5. The van der Waals surface area contributed by atoms with E-state index in [4.69, 9.17) is 4.74 Å². The standard InChI is InChI=1S/C15H31NO2/c1-3-16-15(2,13-17)10-7-11-18-12-14-8-5-4-6-9-14/h14,16-17H,3-13H2,1-2H3. The topological polar surface area (TPSA) is 41.5 Å². The molecule has 1 aliphatic rings. The molecule has 0 spiro atoms. The van der Waals surface area contributed by atoms with Gasteiger partial charge in [0.2, 0.25) is 0 Å². The number of aliphatic hydroxyl groups excluding tert-OH is 1. The Bertz CT molecular complexity index is 205.